The number of hydrogen-bond acceptors (Lipinski definition) is 7. The van der Waals surface area contributed by atoms with Gasteiger partial charge >= 0.3 is 0 Å². The molecular formula is C33H35NO7. The molecule has 1 amide bonds. The summed E-state index contributed by atoms with van der Waals surface area (Å²) in [4.78, 5) is 67.2. The number of fused-ring (bicyclic) bond motifs is 3. The minimum atomic E-state index is -2.70. The van der Waals surface area contributed by atoms with Crippen LogP contribution in [0.3, 0.4) is 0 Å². The smallest absolute Gasteiger partial charge is 0.235 e. The van der Waals surface area contributed by atoms with Gasteiger partial charge in [-0.25, -0.2) is 0 Å². The molecule has 8 heteroatoms. The van der Waals surface area contributed by atoms with Crippen molar-refractivity contribution >= 4 is 35.1 Å². The fourth-order valence-corrected chi connectivity index (χ4v) is 7.58. The number of rotatable bonds is 5. The molecule has 0 spiro atoms. The van der Waals surface area contributed by atoms with Crippen molar-refractivity contribution in [2.75, 3.05) is 0 Å². The number of Topliss-reactive ketones (excluding diaryl/α,β-unsaturated/α-hetero) is 4. The van der Waals surface area contributed by atoms with Crippen molar-refractivity contribution in [3.8, 4) is 16.9 Å². The molecule has 6 atom stereocenters. The van der Waals surface area contributed by atoms with Crippen molar-refractivity contribution in [2.45, 2.75) is 52.6 Å². The van der Waals surface area contributed by atoms with Crippen LogP contribution in [0.25, 0.3) is 17.2 Å². The number of carbonyl (C=O) groups excluding carboxylic acids is 5. The van der Waals surface area contributed by atoms with E-state index < -0.39 is 70.1 Å². The lowest BCUT2D eigenvalue weighted by Gasteiger charge is -2.52. The highest BCUT2D eigenvalue weighted by Crippen LogP contribution is 2.54. The minimum absolute atomic E-state index is 0.00825. The third-order valence-electron chi connectivity index (χ3n) is 9.54. The monoisotopic (exact) mass is 557 g/mol. The van der Waals surface area contributed by atoms with Crippen molar-refractivity contribution in [3.05, 3.63) is 58.7 Å². The average Bonchev–Trinajstić information content (AvgIpc) is 2.91. The Balaban J connectivity index is 1.71. The average molecular weight is 558 g/mol. The van der Waals surface area contributed by atoms with Crippen LogP contribution in [0.1, 0.15) is 59.8 Å². The summed E-state index contributed by atoms with van der Waals surface area (Å²) in [6.07, 6.45) is 2.72. The van der Waals surface area contributed by atoms with E-state index in [1.54, 1.807) is 26.8 Å². The summed E-state index contributed by atoms with van der Waals surface area (Å²) in [5.74, 6) is -11.6. The maximum absolute atomic E-state index is 14.1. The molecular weight excluding hydrogens is 522 g/mol. The van der Waals surface area contributed by atoms with E-state index in [0.717, 1.165) is 28.7 Å². The van der Waals surface area contributed by atoms with Crippen LogP contribution in [-0.4, -0.2) is 44.9 Å². The van der Waals surface area contributed by atoms with Gasteiger partial charge in [-0.2, -0.15) is 0 Å². The number of hydrogen-bond donors (Lipinski definition) is 3. The van der Waals surface area contributed by atoms with Gasteiger partial charge < -0.3 is 15.9 Å². The van der Waals surface area contributed by atoms with E-state index in [-0.39, 0.29) is 24.2 Å². The fraction of sp³-hybridized carbons (Fsp3) is 0.424. The fourth-order valence-electron chi connectivity index (χ4n) is 7.58. The molecule has 2 unspecified atom stereocenters. The number of carbonyl (C=O) groups is 5. The molecule has 0 aliphatic heterocycles. The second kappa shape index (κ2) is 9.87. The predicted octanol–water partition coefficient (Wildman–Crippen LogP) is 3.39. The maximum Gasteiger partial charge on any atom is 0.235 e. The Hall–Kier alpha value is -3.91. The van der Waals surface area contributed by atoms with Crippen LogP contribution in [0, 0.1) is 42.4 Å². The van der Waals surface area contributed by atoms with Gasteiger partial charge in [0.1, 0.15) is 5.75 Å². The molecule has 2 aromatic rings. The molecule has 2 saturated carbocycles. The van der Waals surface area contributed by atoms with E-state index in [9.17, 15) is 34.2 Å². The van der Waals surface area contributed by atoms with E-state index in [4.69, 9.17) is 5.73 Å². The number of benzene rings is 2. The summed E-state index contributed by atoms with van der Waals surface area (Å²) >= 11 is 0. The van der Waals surface area contributed by atoms with Crippen LogP contribution >= 0.6 is 0 Å². The minimum Gasteiger partial charge on any atom is -0.507 e. The van der Waals surface area contributed by atoms with Crippen LogP contribution in [0.15, 0.2) is 30.8 Å². The number of aliphatic hydroxyl groups is 1. The van der Waals surface area contributed by atoms with Gasteiger partial charge in [0.05, 0.1) is 11.5 Å². The van der Waals surface area contributed by atoms with Crippen molar-refractivity contribution in [1.29, 1.82) is 0 Å². The quantitative estimate of drug-likeness (QED) is 0.477. The number of nitrogens with two attached hydrogens (primary N) is 1. The zero-order valence-corrected chi connectivity index (χ0v) is 23.7. The SMILES string of the molecule is C=Cc1ccc(CC)c(-c2cc(C)c(O)c3c2C[C@H]2C[C@H]4[C@H](C(C)C)C(=O)C(C(N)=O)C(=O)[C@@]4(O)C(=O)C2C3=O)c1. The van der Waals surface area contributed by atoms with Gasteiger partial charge in [-0.3, -0.25) is 24.0 Å². The van der Waals surface area contributed by atoms with Crippen LogP contribution in [-0.2, 0) is 32.0 Å². The van der Waals surface area contributed by atoms with Gasteiger partial charge in [0.25, 0.3) is 0 Å². The summed E-state index contributed by atoms with van der Waals surface area (Å²) in [6.45, 7) is 11.0. The van der Waals surface area contributed by atoms with Crippen molar-refractivity contribution in [3.63, 3.8) is 0 Å². The zero-order valence-electron chi connectivity index (χ0n) is 23.7. The molecule has 4 N–H and O–H groups in total. The number of amides is 1. The van der Waals surface area contributed by atoms with E-state index in [0.29, 0.717) is 11.1 Å². The first-order valence-electron chi connectivity index (χ1n) is 14.1. The summed E-state index contributed by atoms with van der Waals surface area (Å²) < 4.78 is 0. The van der Waals surface area contributed by atoms with E-state index >= 15 is 0 Å². The zero-order chi connectivity index (χ0) is 30.1. The molecule has 0 heterocycles. The number of aryl methyl sites for hydroxylation is 2. The molecule has 0 saturated heterocycles. The Labute approximate surface area is 238 Å². The Bertz CT molecular complexity index is 1550. The van der Waals surface area contributed by atoms with Gasteiger partial charge in [0.15, 0.2) is 34.7 Å². The number of primary amides is 1. The second-order valence-corrected chi connectivity index (χ2v) is 12.1. The van der Waals surface area contributed by atoms with Crippen LogP contribution in [0.4, 0.5) is 0 Å². The number of phenols is 1. The highest BCUT2D eigenvalue weighted by molar-refractivity contribution is 6.32. The van der Waals surface area contributed by atoms with Gasteiger partial charge in [-0.05, 0) is 83.5 Å². The van der Waals surface area contributed by atoms with Crippen LogP contribution in [0.5, 0.6) is 5.75 Å². The van der Waals surface area contributed by atoms with Gasteiger partial charge in [-0.15, -0.1) is 0 Å². The normalized spacial score (nSPS) is 29.2. The predicted molar refractivity (Wildman–Crippen MR) is 152 cm³/mol. The molecule has 8 nitrogen and oxygen atoms in total. The maximum atomic E-state index is 14.1. The molecule has 5 rings (SSSR count). The Morgan fingerprint density at radius 3 is 2.41 bits per heavy atom. The molecule has 0 aromatic heterocycles. The highest BCUT2D eigenvalue weighted by atomic mass is 16.3. The van der Waals surface area contributed by atoms with Crippen molar-refractivity contribution < 1.29 is 34.2 Å². The molecule has 2 fully saturated rings. The van der Waals surface area contributed by atoms with Gasteiger partial charge in [0.2, 0.25) is 5.91 Å². The van der Waals surface area contributed by atoms with Crippen molar-refractivity contribution in [1.82, 2.24) is 0 Å². The summed E-state index contributed by atoms with van der Waals surface area (Å²) in [6, 6.07) is 7.78. The number of aromatic hydroxyl groups is 1. The molecule has 41 heavy (non-hydrogen) atoms. The third-order valence-corrected chi connectivity index (χ3v) is 9.54. The van der Waals surface area contributed by atoms with Crippen molar-refractivity contribution in [2.24, 2.45) is 41.2 Å². The molecule has 3 aliphatic carbocycles. The Kier molecular flexibility index (Phi) is 6.89. The largest absolute Gasteiger partial charge is 0.507 e. The Morgan fingerprint density at radius 1 is 1.15 bits per heavy atom. The number of phenolic OH excluding ortho intramolecular Hbond substituents is 1. The molecule has 2 aromatic carbocycles. The number of ketones is 4. The van der Waals surface area contributed by atoms with Crippen LogP contribution in [0.2, 0.25) is 0 Å². The summed E-state index contributed by atoms with van der Waals surface area (Å²) in [7, 11) is 0. The molecule has 0 bridgehead atoms. The third kappa shape index (κ3) is 3.95. The van der Waals surface area contributed by atoms with Crippen LogP contribution < -0.4 is 5.73 Å². The van der Waals surface area contributed by atoms with E-state index in [1.165, 1.54) is 0 Å². The standard InChI is InChI=1S/C33H35NO7/c1-6-16-8-9-17(7-2)19(11-16)20-10-15(5)27(35)25-21(20)12-18-13-22-23(14(3)4)28(36)26(32(34)40)31(39)33(22,41)30(38)24(18)29(25)37/h6,8-11,14,18,22-24,26,35,41H,1,7,12-13H2,2-5H3,(H2,34,40)/t18-,22-,23-,24?,26?,33-/m0/s1. The lowest BCUT2D eigenvalue weighted by molar-refractivity contribution is -0.182. The van der Waals surface area contributed by atoms with E-state index in [1.807, 2.05) is 31.2 Å². The second-order valence-electron chi connectivity index (χ2n) is 12.1. The molecule has 214 valence electrons. The summed E-state index contributed by atoms with van der Waals surface area (Å²) in [5, 5.41) is 22.9. The van der Waals surface area contributed by atoms with E-state index in [2.05, 4.69) is 6.58 Å². The van der Waals surface area contributed by atoms with Gasteiger partial charge in [0, 0.05) is 11.8 Å². The Morgan fingerprint density at radius 2 is 1.83 bits per heavy atom. The summed E-state index contributed by atoms with van der Waals surface area (Å²) in [5.41, 5.74) is 7.33. The van der Waals surface area contributed by atoms with Gasteiger partial charge in [-0.1, -0.05) is 45.6 Å². The lowest BCUT2D eigenvalue weighted by atomic mass is 9.49. The highest BCUT2D eigenvalue weighted by Gasteiger charge is 2.69. The topological polar surface area (TPSA) is 152 Å². The molecule has 0 radical (unpaired) electrons. The first kappa shape index (κ1) is 28.6. The lowest BCUT2D eigenvalue weighted by Crippen LogP contribution is -2.71. The first-order valence-corrected chi connectivity index (χ1v) is 14.1. The first-order chi connectivity index (χ1) is 19.3. The molecule has 3 aliphatic rings.